The maximum absolute atomic E-state index is 13.0. The number of nitrogens with one attached hydrogen (secondary N) is 1. The minimum absolute atomic E-state index is 0.188. The van der Waals surface area contributed by atoms with Crippen LogP contribution in [0.3, 0.4) is 0 Å². The van der Waals surface area contributed by atoms with Crippen molar-refractivity contribution in [3.63, 3.8) is 0 Å². The molecule has 24 heavy (non-hydrogen) atoms. The monoisotopic (exact) mass is 344 g/mol. The third kappa shape index (κ3) is 4.45. The molecular formula is C18H17FN2O2S. The Morgan fingerprint density at radius 1 is 1.12 bits per heavy atom. The number of carbonyl (C=O) groups is 1. The van der Waals surface area contributed by atoms with E-state index in [1.807, 2.05) is 30.3 Å². The van der Waals surface area contributed by atoms with Gasteiger partial charge in [-0.3, -0.25) is 5.10 Å². The molecule has 0 radical (unpaired) electrons. The fourth-order valence-corrected chi connectivity index (χ4v) is 2.08. The molecule has 1 heterocycles. The number of thiol groups is 1. The molecule has 0 saturated carbocycles. The van der Waals surface area contributed by atoms with Crippen LogP contribution >= 0.6 is 12.6 Å². The fraction of sp³-hybridized carbons (Fsp3) is 0.111. The highest BCUT2D eigenvalue weighted by atomic mass is 32.1. The van der Waals surface area contributed by atoms with E-state index in [4.69, 9.17) is 4.74 Å². The van der Waals surface area contributed by atoms with Gasteiger partial charge in [0.25, 0.3) is 0 Å². The van der Waals surface area contributed by atoms with Crippen LogP contribution in [-0.2, 0) is 11.3 Å². The SMILES string of the molecule is CS.O=C(OCc1ccccc1)c1cn[nH]c1-c1ccc(F)cc1. The van der Waals surface area contributed by atoms with Crippen molar-refractivity contribution < 1.29 is 13.9 Å². The smallest absolute Gasteiger partial charge is 0.342 e. The van der Waals surface area contributed by atoms with Gasteiger partial charge in [-0.05, 0) is 36.1 Å². The van der Waals surface area contributed by atoms with E-state index < -0.39 is 5.97 Å². The summed E-state index contributed by atoms with van der Waals surface area (Å²) in [5.41, 5.74) is 2.41. The molecule has 124 valence electrons. The molecule has 6 heteroatoms. The number of ether oxygens (including phenoxy) is 1. The van der Waals surface area contributed by atoms with E-state index in [9.17, 15) is 9.18 Å². The summed E-state index contributed by atoms with van der Waals surface area (Å²) in [6, 6.07) is 15.2. The van der Waals surface area contributed by atoms with Crippen molar-refractivity contribution >= 4 is 18.6 Å². The van der Waals surface area contributed by atoms with E-state index in [-0.39, 0.29) is 12.4 Å². The van der Waals surface area contributed by atoms with Crippen LogP contribution in [0.4, 0.5) is 4.39 Å². The van der Waals surface area contributed by atoms with Crippen LogP contribution in [0, 0.1) is 5.82 Å². The van der Waals surface area contributed by atoms with E-state index in [1.165, 1.54) is 18.3 Å². The minimum Gasteiger partial charge on any atom is -0.457 e. The van der Waals surface area contributed by atoms with Gasteiger partial charge in [-0.15, -0.1) is 0 Å². The molecule has 0 atom stereocenters. The zero-order chi connectivity index (χ0) is 17.4. The van der Waals surface area contributed by atoms with Gasteiger partial charge in [-0.2, -0.15) is 17.7 Å². The number of H-pyrrole nitrogens is 1. The first-order valence-corrected chi connectivity index (χ1v) is 8.08. The van der Waals surface area contributed by atoms with Gasteiger partial charge >= 0.3 is 5.97 Å². The van der Waals surface area contributed by atoms with E-state index in [1.54, 1.807) is 18.4 Å². The molecule has 3 aromatic rings. The number of esters is 1. The summed E-state index contributed by atoms with van der Waals surface area (Å²) < 4.78 is 18.3. The highest BCUT2D eigenvalue weighted by Crippen LogP contribution is 2.22. The zero-order valence-electron chi connectivity index (χ0n) is 13.1. The molecule has 0 aliphatic heterocycles. The second-order valence-corrected chi connectivity index (χ2v) is 4.73. The predicted molar refractivity (Wildman–Crippen MR) is 94.5 cm³/mol. The Labute approximate surface area is 145 Å². The number of halogens is 1. The molecule has 3 rings (SSSR count). The normalized spacial score (nSPS) is 9.79. The summed E-state index contributed by atoms with van der Waals surface area (Å²) >= 11 is 3.53. The number of benzene rings is 2. The van der Waals surface area contributed by atoms with Crippen LogP contribution in [0.1, 0.15) is 15.9 Å². The standard InChI is InChI=1S/C17H13FN2O2.CH4S/c18-14-8-6-13(7-9-14)16-15(10-19-20-16)17(21)22-11-12-4-2-1-3-5-12;1-2/h1-10H,11H2,(H,19,20);2H,1H3. The number of aromatic amines is 1. The average Bonchev–Trinajstić information content (AvgIpc) is 3.13. The Balaban J connectivity index is 0.00000100. The van der Waals surface area contributed by atoms with Gasteiger partial charge in [0, 0.05) is 5.56 Å². The number of aromatic nitrogens is 2. The molecule has 2 aromatic carbocycles. The predicted octanol–water partition coefficient (Wildman–Crippen LogP) is 4.12. The summed E-state index contributed by atoms with van der Waals surface area (Å²) in [6.45, 7) is 0.188. The Morgan fingerprint density at radius 3 is 2.46 bits per heavy atom. The lowest BCUT2D eigenvalue weighted by Crippen LogP contribution is -2.05. The van der Waals surface area contributed by atoms with Crippen LogP contribution in [-0.4, -0.2) is 22.4 Å². The lowest BCUT2D eigenvalue weighted by Gasteiger charge is -2.05. The molecule has 4 nitrogen and oxygen atoms in total. The van der Waals surface area contributed by atoms with Gasteiger partial charge in [0.05, 0.1) is 11.9 Å². The summed E-state index contributed by atoms with van der Waals surface area (Å²) in [5.74, 6) is -0.812. The first-order valence-electron chi connectivity index (χ1n) is 7.19. The van der Waals surface area contributed by atoms with Crippen molar-refractivity contribution in [1.82, 2.24) is 10.2 Å². The van der Waals surface area contributed by atoms with E-state index in [2.05, 4.69) is 22.8 Å². The molecule has 0 aliphatic carbocycles. The van der Waals surface area contributed by atoms with Gasteiger partial charge < -0.3 is 4.74 Å². The quantitative estimate of drug-likeness (QED) is 0.553. The van der Waals surface area contributed by atoms with Crippen molar-refractivity contribution in [2.24, 2.45) is 0 Å². The molecule has 0 saturated heterocycles. The van der Waals surface area contributed by atoms with Crippen molar-refractivity contribution in [2.75, 3.05) is 6.26 Å². The molecule has 1 aromatic heterocycles. The average molecular weight is 344 g/mol. The molecule has 0 bridgehead atoms. The van der Waals surface area contributed by atoms with E-state index in [0.717, 1.165) is 5.56 Å². The minimum atomic E-state index is -0.475. The Morgan fingerprint density at radius 2 is 1.79 bits per heavy atom. The zero-order valence-corrected chi connectivity index (χ0v) is 14.0. The number of carbonyl (C=O) groups excluding carboxylic acids is 1. The third-order valence-electron chi connectivity index (χ3n) is 3.20. The van der Waals surface area contributed by atoms with Crippen LogP contribution in [0.2, 0.25) is 0 Å². The number of hydrogen-bond acceptors (Lipinski definition) is 4. The molecule has 0 aliphatic rings. The Hall–Kier alpha value is -2.60. The van der Waals surface area contributed by atoms with Crippen molar-refractivity contribution in [3.05, 3.63) is 77.7 Å². The molecular weight excluding hydrogens is 327 g/mol. The van der Waals surface area contributed by atoms with Gasteiger partial charge in [-0.25, -0.2) is 9.18 Å². The van der Waals surface area contributed by atoms with Crippen LogP contribution in [0.15, 0.2) is 60.8 Å². The van der Waals surface area contributed by atoms with Gasteiger partial charge in [0.15, 0.2) is 0 Å². The Kier molecular flexibility index (Phi) is 6.57. The summed E-state index contributed by atoms with van der Waals surface area (Å²) in [6.07, 6.45) is 3.10. The second kappa shape index (κ2) is 8.88. The topological polar surface area (TPSA) is 55.0 Å². The van der Waals surface area contributed by atoms with Gasteiger partial charge in [-0.1, -0.05) is 30.3 Å². The molecule has 1 N–H and O–H groups in total. The fourth-order valence-electron chi connectivity index (χ4n) is 2.08. The lowest BCUT2D eigenvalue weighted by molar-refractivity contribution is 0.0473. The van der Waals surface area contributed by atoms with Gasteiger partial charge in [0.1, 0.15) is 18.0 Å². The van der Waals surface area contributed by atoms with E-state index >= 15 is 0 Å². The maximum atomic E-state index is 13.0. The number of rotatable bonds is 4. The van der Waals surface area contributed by atoms with Gasteiger partial charge in [0.2, 0.25) is 0 Å². The van der Waals surface area contributed by atoms with Crippen molar-refractivity contribution in [3.8, 4) is 11.3 Å². The second-order valence-electron chi connectivity index (χ2n) is 4.73. The molecule has 0 amide bonds. The number of hydrogen-bond donors (Lipinski definition) is 2. The maximum Gasteiger partial charge on any atom is 0.342 e. The van der Waals surface area contributed by atoms with Crippen LogP contribution < -0.4 is 0 Å². The van der Waals surface area contributed by atoms with Crippen LogP contribution in [0.25, 0.3) is 11.3 Å². The molecule has 0 fully saturated rings. The summed E-state index contributed by atoms with van der Waals surface area (Å²) in [4.78, 5) is 12.2. The van der Waals surface area contributed by atoms with E-state index in [0.29, 0.717) is 16.8 Å². The highest BCUT2D eigenvalue weighted by Gasteiger charge is 2.16. The third-order valence-corrected chi connectivity index (χ3v) is 3.20. The first kappa shape index (κ1) is 17.7. The lowest BCUT2D eigenvalue weighted by atomic mass is 10.1. The summed E-state index contributed by atoms with van der Waals surface area (Å²) in [7, 11) is 0. The summed E-state index contributed by atoms with van der Waals surface area (Å²) in [5, 5.41) is 6.62. The van der Waals surface area contributed by atoms with Crippen LogP contribution in [0.5, 0.6) is 0 Å². The highest BCUT2D eigenvalue weighted by molar-refractivity contribution is 7.79. The van der Waals surface area contributed by atoms with Crippen molar-refractivity contribution in [1.29, 1.82) is 0 Å². The molecule has 0 spiro atoms. The first-order chi connectivity index (χ1) is 11.7. The van der Waals surface area contributed by atoms with Crippen molar-refractivity contribution in [2.45, 2.75) is 6.61 Å². The molecule has 0 unspecified atom stereocenters. The number of nitrogens with zero attached hydrogens (tertiary/aromatic N) is 1. The largest absolute Gasteiger partial charge is 0.457 e. The Bertz CT molecular complexity index is 773.